The number of aryl methyl sites for hydroxylation is 1. The van der Waals surface area contributed by atoms with Crippen molar-refractivity contribution < 1.29 is 0 Å². The number of aromatic nitrogens is 2. The van der Waals surface area contributed by atoms with E-state index < -0.39 is 0 Å². The predicted molar refractivity (Wildman–Crippen MR) is 62.0 cm³/mol. The Morgan fingerprint density at radius 2 is 2.20 bits per heavy atom. The van der Waals surface area contributed by atoms with Gasteiger partial charge in [0.2, 0.25) is 0 Å². The van der Waals surface area contributed by atoms with Gasteiger partial charge in [0, 0.05) is 19.4 Å². The first-order valence-corrected chi connectivity index (χ1v) is 5.10. The number of rotatable bonds is 3. The molecule has 3 nitrogen and oxygen atoms in total. The van der Waals surface area contributed by atoms with Crippen LogP contribution < -0.4 is 5.32 Å². The Bertz CT molecular complexity index is 451. The van der Waals surface area contributed by atoms with Gasteiger partial charge in [0.1, 0.15) is 5.82 Å². The van der Waals surface area contributed by atoms with Gasteiger partial charge in [-0.2, -0.15) is 0 Å². The molecule has 0 aliphatic rings. The van der Waals surface area contributed by atoms with E-state index in [1.807, 2.05) is 42.1 Å². The van der Waals surface area contributed by atoms with Crippen LogP contribution in [0.25, 0.3) is 0 Å². The van der Waals surface area contributed by atoms with Crippen molar-refractivity contribution in [3.8, 4) is 0 Å². The maximum Gasteiger partial charge on any atom is 0.127 e. The van der Waals surface area contributed by atoms with Crippen molar-refractivity contribution in [3.05, 3.63) is 47.5 Å². The summed E-state index contributed by atoms with van der Waals surface area (Å²) in [6.45, 7) is 0.674. The van der Waals surface area contributed by atoms with Gasteiger partial charge in [0.25, 0.3) is 0 Å². The minimum Gasteiger partial charge on any atom is -0.377 e. The molecule has 0 atom stereocenters. The molecule has 0 amide bonds. The van der Waals surface area contributed by atoms with Gasteiger partial charge in [-0.15, -0.1) is 0 Å². The molecule has 0 radical (unpaired) electrons. The molecule has 0 spiro atoms. The number of nitrogens with zero attached hydrogens (tertiary/aromatic N) is 2. The first kappa shape index (κ1) is 10.1. The lowest BCUT2D eigenvalue weighted by Crippen LogP contribution is -2.05. The van der Waals surface area contributed by atoms with Gasteiger partial charge in [0.15, 0.2) is 0 Å². The standard InChI is InChI=1S/C11H12ClN3/c1-15-7-6-13-11(15)8-14-10-5-3-2-4-9(10)12/h2-7,14H,8H2,1H3. The minimum absolute atomic E-state index is 0.674. The number of hydrogen-bond acceptors (Lipinski definition) is 2. The highest BCUT2D eigenvalue weighted by atomic mass is 35.5. The summed E-state index contributed by atoms with van der Waals surface area (Å²) < 4.78 is 1.98. The predicted octanol–water partition coefficient (Wildman–Crippen LogP) is 2.69. The van der Waals surface area contributed by atoms with Gasteiger partial charge in [-0.1, -0.05) is 23.7 Å². The molecule has 78 valence electrons. The van der Waals surface area contributed by atoms with Crippen LogP contribution in [-0.4, -0.2) is 9.55 Å². The topological polar surface area (TPSA) is 29.9 Å². The van der Waals surface area contributed by atoms with Gasteiger partial charge in [-0.05, 0) is 12.1 Å². The summed E-state index contributed by atoms with van der Waals surface area (Å²) in [7, 11) is 1.97. The smallest absolute Gasteiger partial charge is 0.127 e. The second kappa shape index (κ2) is 4.36. The Hall–Kier alpha value is -1.48. The fourth-order valence-electron chi connectivity index (χ4n) is 1.35. The Balaban J connectivity index is 2.06. The van der Waals surface area contributed by atoms with Gasteiger partial charge >= 0.3 is 0 Å². The molecule has 0 aliphatic carbocycles. The normalized spacial score (nSPS) is 10.3. The number of para-hydroxylation sites is 1. The molecule has 2 rings (SSSR count). The summed E-state index contributed by atoms with van der Waals surface area (Å²) in [5.74, 6) is 0.981. The largest absolute Gasteiger partial charge is 0.377 e. The summed E-state index contributed by atoms with van der Waals surface area (Å²) in [5.41, 5.74) is 0.933. The van der Waals surface area contributed by atoms with Crippen LogP contribution in [0.3, 0.4) is 0 Å². The molecule has 0 saturated carbocycles. The number of benzene rings is 1. The zero-order chi connectivity index (χ0) is 10.7. The monoisotopic (exact) mass is 221 g/mol. The van der Waals surface area contributed by atoms with Crippen molar-refractivity contribution >= 4 is 17.3 Å². The summed E-state index contributed by atoms with van der Waals surface area (Å²) in [4.78, 5) is 4.22. The molecule has 15 heavy (non-hydrogen) atoms. The highest BCUT2D eigenvalue weighted by Gasteiger charge is 2.01. The van der Waals surface area contributed by atoms with Gasteiger partial charge in [-0.3, -0.25) is 0 Å². The van der Waals surface area contributed by atoms with Crippen LogP contribution in [0.1, 0.15) is 5.82 Å². The van der Waals surface area contributed by atoms with E-state index in [4.69, 9.17) is 11.6 Å². The minimum atomic E-state index is 0.674. The molecule has 1 heterocycles. The van der Waals surface area contributed by atoms with E-state index in [9.17, 15) is 0 Å². The van der Waals surface area contributed by atoms with Gasteiger partial charge in [-0.25, -0.2) is 4.98 Å². The number of hydrogen-bond donors (Lipinski definition) is 1. The van der Waals surface area contributed by atoms with Gasteiger partial charge in [0.05, 0.1) is 17.3 Å². The van der Waals surface area contributed by atoms with Crippen molar-refractivity contribution in [2.45, 2.75) is 6.54 Å². The van der Waals surface area contributed by atoms with Gasteiger partial charge < -0.3 is 9.88 Å². The van der Waals surface area contributed by atoms with Crippen LogP contribution >= 0.6 is 11.6 Å². The highest BCUT2D eigenvalue weighted by molar-refractivity contribution is 6.33. The number of halogens is 1. The second-order valence-electron chi connectivity index (χ2n) is 3.29. The summed E-state index contributed by atoms with van der Waals surface area (Å²) >= 11 is 6.01. The number of imidazole rings is 1. The SMILES string of the molecule is Cn1ccnc1CNc1ccccc1Cl. The van der Waals surface area contributed by atoms with Crippen molar-refractivity contribution in [1.82, 2.24) is 9.55 Å². The second-order valence-corrected chi connectivity index (χ2v) is 3.69. The highest BCUT2D eigenvalue weighted by Crippen LogP contribution is 2.20. The number of anilines is 1. The lowest BCUT2D eigenvalue weighted by atomic mass is 10.3. The quantitative estimate of drug-likeness (QED) is 0.864. The van der Waals surface area contributed by atoms with Crippen molar-refractivity contribution in [3.63, 3.8) is 0 Å². The van der Waals surface area contributed by atoms with E-state index in [2.05, 4.69) is 10.3 Å². The molecule has 2 aromatic rings. The van der Waals surface area contributed by atoms with Crippen LogP contribution in [0.2, 0.25) is 5.02 Å². The zero-order valence-electron chi connectivity index (χ0n) is 8.44. The lowest BCUT2D eigenvalue weighted by Gasteiger charge is -2.07. The molecule has 1 aromatic carbocycles. The average molecular weight is 222 g/mol. The first-order valence-electron chi connectivity index (χ1n) is 4.72. The van der Waals surface area contributed by atoms with E-state index >= 15 is 0 Å². The summed E-state index contributed by atoms with van der Waals surface area (Å²) in [6.07, 6.45) is 3.70. The fraction of sp³-hybridized carbons (Fsp3) is 0.182. The zero-order valence-corrected chi connectivity index (χ0v) is 9.20. The third-order valence-corrected chi connectivity index (χ3v) is 2.56. The summed E-state index contributed by atoms with van der Waals surface area (Å²) in [6, 6.07) is 7.68. The van der Waals surface area contributed by atoms with Crippen LogP contribution in [-0.2, 0) is 13.6 Å². The maximum atomic E-state index is 6.01. The molecule has 4 heteroatoms. The Labute approximate surface area is 93.7 Å². The van der Waals surface area contributed by atoms with E-state index in [-0.39, 0.29) is 0 Å². The Morgan fingerprint density at radius 1 is 1.40 bits per heavy atom. The lowest BCUT2D eigenvalue weighted by molar-refractivity contribution is 0.813. The van der Waals surface area contributed by atoms with E-state index in [0.29, 0.717) is 6.54 Å². The third-order valence-electron chi connectivity index (χ3n) is 2.23. The van der Waals surface area contributed by atoms with Crippen molar-refractivity contribution in [2.75, 3.05) is 5.32 Å². The average Bonchev–Trinajstić information content (AvgIpc) is 2.63. The van der Waals surface area contributed by atoms with E-state index in [1.54, 1.807) is 6.20 Å². The summed E-state index contributed by atoms with van der Waals surface area (Å²) in [5, 5.41) is 3.97. The first-order chi connectivity index (χ1) is 7.27. The molecule has 1 aromatic heterocycles. The van der Waals surface area contributed by atoms with Crippen LogP contribution in [0, 0.1) is 0 Å². The molecule has 0 saturated heterocycles. The van der Waals surface area contributed by atoms with Crippen LogP contribution in [0.4, 0.5) is 5.69 Å². The van der Waals surface area contributed by atoms with Crippen LogP contribution in [0.15, 0.2) is 36.7 Å². The van der Waals surface area contributed by atoms with Crippen LogP contribution in [0.5, 0.6) is 0 Å². The molecule has 0 fully saturated rings. The Morgan fingerprint density at radius 3 is 2.87 bits per heavy atom. The molecule has 1 N–H and O–H groups in total. The van der Waals surface area contributed by atoms with E-state index in [1.165, 1.54) is 0 Å². The number of nitrogens with one attached hydrogen (secondary N) is 1. The fourth-order valence-corrected chi connectivity index (χ4v) is 1.55. The molecule has 0 unspecified atom stereocenters. The van der Waals surface area contributed by atoms with Crippen molar-refractivity contribution in [2.24, 2.45) is 7.05 Å². The Kier molecular flexibility index (Phi) is 2.92. The third kappa shape index (κ3) is 2.30. The molecular weight excluding hydrogens is 210 g/mol. The van der Waals surface area contributed by atoms with Crippen molar-refractivity contribution in [1.29, 1.82) is 0 Å². The molecule has 0 aliphatic heterocycles. The molecular formula is C11H12ClN3. The maximum absolute atomic E-state index is 6.01. The molecule has 0 bridgehead atoms. The van der Waals surface area contributed by atoms with E-state index in [0.717, 1.165) is 16.5 Å².